The number of carbonyl (C=O) groups excluding carboxylic acids is 1. The first-order valence-electron chi connectivity index (χ1n) is 13.7. The van der Waals surface area contributed by atoms with Crippen molar-refractivity contribution >= 4 is 16.8 Å². The van der Waals surface area contributed by atoms with Gasteiger partial charge >= 0.3 is 0 Å². The average molecular weight is 557 g/mol. The lowest BCUT2D eigenvalue weighted by Crippen LogP contribution is -2.23. The van der Waals surface area contributed by atoms with E-state index in [9.17, 15) is 9.18 Å². The van der Waals surface area contributed by atoms with Gasteiger partial charge in [0.1, 0.15) is 36.2 Å². The maximum Gasteiger partial charge on any atom is 0.268 e. The Labute approximate surface area is 243 Å². The minimum absolute atomic E-state index is 0.237. The number of aromatic amines is 1. The van der Waals surface area contributed by atoms with Crippen molar-refractivity contribution in [3.05, 3.63) is 156 Å². The Hall–Kier alpha value is -5.36. The van der Waals surface area contributed by atoms with Crippen molar-refractivity contribution < 1.29 is 18.7 Å². The monoisotopic (exact) mass is 556 g/mol. The van der Waals surface area contributed by atoms with Crippen LogP contribution in [0.25, 0.3) is 22.0 Å². The first kappa shape index (κ1) is 26.8. The summed E-state index contributed by atoms with van der Waals surface area (Å²) in [5.41, 5.74) is 5.47. The SMILES string of the molecule is O=C(NCc1cc(OCc2ccccc2)cc(OCc2ccccc2)c1)c1[nH]c2ccc(F)cc2c1-c1ccccc1. The van der Waals surface area contributed by atoms with Gasteiger partial charge in [0.15, 0.2) is 0 Å². The third-order valence-electron chi connectivity index (χ3n) is 6.94. The van der Waals surface area contributed by atoms with Gasteiger partial charge < -0.3 is 19.8 Å². The second-order valence-corrected chi connectivity index (χ2v) is 9.97. The molecule has 6 heteroatoms. The highest BCUT2D eigenvalue weighted by Crippen LogP contribution is 2.33. The van der Waals surface area contributed by atoms with Gasteiger partial charge in [-0.2, -0.15) is 0 Å². The smallest absolute Gasteiger partial charge is 0.268 e. The fourth-order valence-corrected chi connectivity index (χ4v) is 4.89. The summed E-state index contributed by atoms with van der Waals surface area (Å²) < 4.78 is 26.4. The number of aromatic nitrogens is 1. The highest BCUT2D eigenvalue weighted by Gasteiger charge is 2.20. The Morgan fingerprint density at radius 1 is 0.667 bits per heavy atom. The van der Waals surface area contributed by atoms with Gasteiger partial charge in [-0.1, -0.05) is 91.0 Å². The number of carbonyl (C=O) groups is 1. The Morgan fingerprint density at radius 3 is 1.83 bits per heavy atom. The summed E-state index contributed by atoms with van der Waals surface area (Å²) in [4.78, 5) is 16.8. The fourth-order valence-electron chi connectivity index (χ4n) is 4.89. The molecule has 0 aliphatic carbocycles. The number of hydrogen-bond acceptors (Lipinski definition) is 3. The van der Waals surface area contributed by atoms with Gasteiger partial charge in [0.05, 0.1) is 0 Å². The van der Waals surface area contributed by atoms with Gasteiger partial charge in [-0.25, -0.2) is 4.39 Å². The number of H-pyrrole nitrogens is 1. The van der Waals surface area contributed by atoms with Crippen molar-refractivity contribution in [2.45, 2.75) is 19.8 Å². The highest BCUT2D eigenvalue weighted by molar-refractivity contribution is 6.09. The molecular formula is C36H29FN2O3. The summed E-state index contributed by atoms with van der Waals surface area (Å²) in [6.45, 7) is 1.04. The van der Waals surface area contributed by atoms with Crippen molar-refractivity contribution in [3.63, 3.8) is 0 Å². The first-order chi connectivity index (χ1) is 20.6. The third-order valence-corrected chi connectivity index (χ3v) is 6.94. The Kier molecular flexibility index (Phi) is 7.95. The average Bonchev–Trinajstić information content (AvgIpc) is 3.42. The Morgan fingerprint density at radius 2 is 1.24 bits per heavy atom. The van der Waals surface area contributed by atoms with Crippen molar-refractivity contribution in [2.24, 2.45) is 0 Å². The maximum absolute atomic E-state index is 14.2. The van der Waals surface area contributed by atoms with Crippen LogP contribution in [0, 0.1) is 5.82 Å². The van der Waals surface area contributed by atoms with E-state index in [1.807, 2.05) is 109 Å². The summed E-state index contributed by atoms with van der Waals surface area (Å²) in [6.07, 6.45) is 0. The molecule has 0 aliphatic heterocycles. The van der Waals surface area contributed by atoms with E-state index in [1.165, 1.54) is 12.1 Å². The molecule has 0 atom stereocenters. The largest absolute Gasteiger partial charge is 0.489 e. The van der Waals surface area contributed by atoms with Crippen LogP contribution < -0.4 is 14.8 Å². The molecule has 0 aliphatic rings. The molecule has 0 fully saturated rings. The van der Waals surface area contributed by atoms with Crippen molar-refractivity contribution in [3.8, 4) is 22.6 Å². The molecule has 6 aromatic rings. The molecule has 1 aromatic heterocycles. The molecule has 1 heterocycles. The van der Waals surface area contributed by atoms with Crippen LogP contribution in [0.5, 0.6) is 11.5 Å². The highest BCUT2D eigenvalue weighted by atomic mass is 19.1. The van der Waals surface area contributed by atoms with Crippen LogP contribution in [-0.2, 0) is 19.8 Å². The van der Waals surface area contributed by atoms with Gasteiger partial charge in [-0.3, -0.25) is 4.79 Å². The molecule has 2 N–H and O–H groups in total. The van der Waals surface area contributed by atoms with Crippen LogP contribution in [0.2, 0.25) is 0 Å². The number of ether oxygens (including phenoxy) is 2. The number of halogens is 1. The zero-order valence-corrected chi connectivity index (χ0v) is 22.8. The second-order valence-electron chi connectivity index (χ2n) is 9.97. The van der Waals surface area contributed by atoms with Crippen LogP contribution in [0.15, 0.2) is 127 Å². The number of hydrogen-bond donors (Lipinski definition) is 2. The van der Waals surface area contributed by atoms with Gasteiger partial charge in [0.25, 0.3) is 5.91 Å². The summed E-state index contributed by atoms with van der Waals surface area (Å²) in [5, 5.41) is 3.68. The maximum atomic E-state index is 14.2. The van der Waals surface area contributed by atoms with E-state index in [1.54, 1.807) is 6.07 Å². The molecule has 0 saturated carbocycles. The van der Waals surface area contributed by atoms with Gasteiger partial charge in [0, 0.05) is 29.1 Å². The van der Waals surface area contributed by atoms with E-state index in [0.29, 0.717) is 46.9 Å². The van der Waals surface area contributed by atoms with Crippen LogP contribution in [0.3, 0.4) is 0 Å². The van der Waals surface area contributed by atoms with E-state index < -0.39 is 0 Å². The summed E-state index contributed by atoms with van der Waals surface area (Å²) >= 11 is 0. The van der Waals surface area contributed by atoms with Crippen molar-refractivity contribution in [1.29, 1.82) is 0 Å². The Balaban J connectivity index is 1.25. The van der Waals surface area contributed by atoms with Crippen molar-refractivity contribution in [2.75, 3.05) is 0 Å². The first-order valence-corrected chi connectivity index (χ1v) is 13.7. The predicted molar refractivity (Wildman–Crippen MR) is 163 cm³/mol. The lowest BCUT2D eigenvalue weighted by atomic mass is 10.0. The number of rotatable bonds is 10. The Bertz CT molecular complexity index is 1740. The van der Waals surface area contributed by atoms with E-state index >= 15 is 0 Å². The molecule has 0 bridgehead atoms. The molecule has 0 radical (unpaired) electrons. The molecule has 0 saturated heterocycles. The van der Waals surface area contributed by atoms with Gasteiger partial charge in [-0.15, -0.1) is 0 Å². The number of benzene rings is 5. The summed E-state index contributed by atoms with van der Waals surface area (Å²) in [6, 6.07) is 39.5. The molecule has 5 aromatic carbocycles. The molecular weight excluding hydrogens is 527 g/mol. The quantitative estimate of drug-likeness (QED) is 0.179. The molecule has 42 heavy (non-hydrogen) atoms. The topological polar surface area (TPSA) is 63.4 Å². The third kappa shape index (κ3) is 6.34. The summed E-state index contributed by atoms with van der Waals surface area (Å²) in [7, 11) is 0. The normalized spacial score (nSPS) is 10.9. The molecule has 208 valence electrons. The zero-order chi connectivity index (χ0) is 28.7. The fraction of sp³-hybridized carbons (Fsp3) is 0.0833. The predicted octanol–water partition coefficient (Wildman–Crippen LogP) is 8.06. The molecule has 5 nitrogen and oxygen atoms in total. The summed E-state index contributed by atoms with van der Waals surface area (Å²) in [5.74, 6) is 0.619. The minimum atomic E-state index is -0.360. The number of amides is 1. The number of nitrogens with one attached hydrogen (secondary N) is 2. The second kappa shape index (κ2) is 12.4. The lowest BCUT2D eigenvalue weighted by molar-refractivity contribution is 0.0947. The van der Waals surface area contributed by atoms with Gasteiger partial charge in [-0.05, 0) is 52.6 Å². The minimum Gasteiger partial charge on any atom is -0.489 e. The van der Waals surface area contributed by atoms with Crippen molar-refractivity contribution in [1.82, 2.24) is 10.3 Å². The van der Waals surface area contributed by atoms with Gasteiger partial charge in [0.2, 0.25) is 0 Å². The molecule has 0 spiro atoms. The zero-order valence-electron chi connectivity index (χ0n) is 22.8. The van der Waals surface area contributed by atoms with Crippen LogP contribution in [0.1, 0.15) is 27.2 Å². The molecule has 1 amide bonds. The molecule has 6 rings (SSSR count). The number of fused-ring (bicyclic) bond motifs is 1. The standard InChI is InChI=1S/C36H29FN2O3/c37-29-16-17-33-32(20-29)34(28-14-8-3-9-15-28)35(39-33)36(40)38-22-27-18-30(41-23-25-10-4-1-5-11-25)21-31(19-27)42-24-26-12-6-2-7-13-26/h1-21,39H,22-24H2,(H,38,40). The van der Waals surface area contributed by atoms with E-state index in [-0.39, 0.29) is 18.3 Å². The lowest BCUT2D eigenvalue weighted by Gasteiger charge is -2.14. The van der Waals surface area contributed by atoms with E-state index in [4.69, 9.17) is 9.47 Å². The van der Waals surface area contributed by atoms with E-state index in [2.05, 4.69) is 10.3 Å². The van der Waals surface area contributed by atoms with Crippen LogP contribution in [-0.4, -0.2) is 10.9 Å². The van der Waals surface area contributed by atoms with E-state index in [0.717, 1.165) is 22.3 Å². The molecule has 0 unspecified atom stereocenters. The van der Waals surface area contributed by atoms with Crippen LogP contribution in [0.4, 0.5) is 4.39 Å². The van der Waals surface area contributed by atoms with Crippen LogP contribution >= 0.6 is 0 Å².